The average Bonchev–Trinajstić information content (AvgIpc) is 1.49. The highest BCUT2D eigenvalue weighted by atomic mass is 31.1. The summed E-state index contributed by atoms with van der Waals surface area (Å²) in [5.74, 6) is 0. The summed E-state index contributed by atoms with van der Waals surface area (Å²) < 4.78 is 0. The zero-order valence-electron chi connectivity index (χ0n) is 80.1. The van der Waals surface area contributed by atoms with Crippen LogP contribution in [-0.2, 0) is 5.41 Å². The maximum atomic E-state index is 9.71. The Labute approximate surface area is 756 Å². The van der Waals surface area contributed by atoms with Crippen LogP contribution in [0.4, 0.5) is 5.69 Å². The Kier molecular flexibility index (Phi) is 42.9. The van der Waals surface area contributed by atoms with Crippen molar-refractivity contribution in [2.45, 2.75) is 312 Å². The van der Waals surface area contributed by atoms with Crippen molar-refractivity contribution in [3.8, 4) is 0 Å². The number of anilines is 1. The van der Waals surface area contributed by atoms with Crippen molar-refractivity contribution in [1.82, 2.24) is 0 Å². The first kappa shape index (κ1) is 104. The van der Waals surface area contributed by atoms with E-state index in [0.717, 1.165) is 45.9 Å². The molecule has 662 valence electrons. The number of aliphatic hydroxyl groups is 2. The molecule has 4 saturated carbocycles. The molecule has 0 spiro atoms. The van der Waals surface area contributed by atoms with Crippen molar-refractivity contribution in [2.24, 2.45) is 0 Å². The number of aliphatic hydroxyl groups excluding tert-OH is 1. The van der Waals surface area contributed by atoms with Crippen LogP contribution < -0.4 is 42.0 Å². The first-order valence-electron chi connectivity index (χ1n) is 46.1. The van der Waals surface area contributed by atoms with Crippen molar-refractivity contribution in [1.29, 1.82) is 0 Å². The van der Waals surface area contributed by atoms with E-state index in [4.69, 9.17) is 0 Å². The number of hydrogen-bond donors (Lipinski definition) is 2. The highest BCUT2D eigenvalue weighted by Crippen LogP contribution is 2.83. The molecule has 1 atom stereocenters. The van der Waals surface area contributed by atoms with Crippen LogP contribution in [0.25, 0.3) is 0 Å². The predicted octanol–water partition coefficient (Wildman–Crippen LogP) is 30.6. The van der Waals surface area contributed by atoms with Crippen LogP contribution in [0.3, 0.4) is 0 Å². The predicted molar refractivity (Wildman–Crippen MR) is 565 cm³/mol. The quantitative estimate of drug-likeness (QED) is 0.0428. The third kappa shape index (κ3) is 31.3. The summed E-state index contributed by atoms with van der Waals surface area (Å²) >= 11 is 0. The van der Waals surface area contributed by atoms with Gasteiger partial charge in [0.05, 0.1) is 0 Å². The van der Waals surface area contributed by atoms with E-state index in [9.17, 15) is 10.2 Å². The third-order valence-corrected chi connectivity index (χ3v) is 48.0. The Morgan fingerprint density at radius 3 is 1.00 bits per heavy atom. The van der Waals surface area contributed by atoms with E-state index in [1.54, 1.807) is 22.0 Å². The molecule has 0 aliphatic heterocycles. The van der Waals surface area contributed by atoms with Crippen LogP contribution in [-0.4, -0.2) is 103 Å². The molecule has 0 radical (unpaired) electrons. The minimum atomic E-state index is -1.46. The highest BCUT2D eigenvalue weighted by Gasteiger charge is 2.72. The van der Waals surface area contributed by atoms with Crippen LogP contribution in [0, 0.1) is 0 Å². The summed E-state index contributed by atoms with van der Waals surface area (Å²) in [4.78, 5) is 2.22. The molecule has 4 fully saturated rings. The Hall–Kier alpha value is -4.81. The molecule has 0 bridgehead atoms. The molecule has 3 nitrogen and oxygen atoms in total. The maximum absolute atomic E-state index is 9.71. The van der Waals surface area contributed by atoms with E-state index in [1.807, 2.05) is 66.7 Å². The molecule has 4 aliphatic rings. The summed E-state index contributed by atoms with van der Waals surface area (Å²) in [7, 11) is 3.37. The van der Waals surface area contributed by atoms with Gasteiger partial charge in [-0.3, -0.25) is 0 Å². The Morgan fingerprint density at radius 2 is 0.705 bits per heavy atom. The van der Waals surface area contributed by atoms with Gasteiger partial charge in [0.25, 0.3) is 0 Å². The molecule has 0 aromatic heterocycles. The van der Waals surface area contributed by atoms with Gasteiger partial charge >= 0.3 is 0 Å². The average molecular weight is 1770 g/mol. The summed E-state index contributed by atoms with van der Waals surface area (Å²) in [5, 5.41) is 31.5. The monoisotopic (exact) mass is 1770 g/mol. The van der Waals surface area contributed by atoms with Gasteiger partial charge in [-0.2, -0.15) is 0 Å². The molecule has 0 amide bonds. The van der Waals surface area contributed by atoms with Crippen LogP contribution >= 0.6 is 55.5 Å². The number of allylic oxidation sites excluding steroid dienone is 2. The number of rotatable bonds is 21. The Balaban J connectivity index is 0.000000200. The minimum absolute atomic E-state index is 0.0577. The topological polar surface area (TPSA) is 43.7 Å². The summed E-state index contributed by atoms with van der Waals surface area (Å²) in [6.45, 7) is 57.8. The molecular weight excluding hydrogens is 1610 g/mol. The molecule has 10 heteroatoms. The standard InChI is InChI=1S/C24H33P.C20H32NP.C19H17O2P.C18H21P.C12H15P.C10H23P.C9H21P/c1-21(2,3)25(22(4,5)6)23(7)18-24(23,19-14-10-8-11-15-19)20-16-12-9-13-17-20;1-21(2)17-13-15-20(16-14-17)22(18-9-5-3-6-10-18)19-11-7-4-8-12-19;20-19(21)17-13-7-8-14-18(17)22(15-9-3-1-4-10-15)16-11-5-2-6-12-16;1-4-10-16(11-5-1)19(17-12-6-2-7-13-17)18-14-8-3-9-15-18;1-3-10-13(11-4-2)12-8-6-5-7-9-12;1-8(2)11(9(3)4)10(5,6)7;1-8(2,3)10(7)9(4,5)6/h8-17H,18H2,1-7H3;13-16,18-19H,3-12H2,1-2H3;1-14,19-21H;1-2,4-7,10-13,18H,3,8-9,14-15H2;3-9H,1-2,10-11H2;8-9H,1-7H3;1-7H3. The van der Waals surface area contributed by atoms with Gasteiger partial charge in [-0.15, -0.1) is 13.2 Å². The van der Waals surface area contributed by atoms with Crippen molar-refractivity contribution in [3.05, 3.63) is 303 Å². The fourth-order valence-electron chi connectivity index (χ4n) is 20.0. The molecule has 0 heterocycles. The zero-order valence-corrected chi connectivity index (χ0v) is 86.3. The largest absolute Gasteiger partial charge is 0.378 e. The minimum Gasteiger partial charge on any atom is -0.378 e. The first-order chi connectivity index (χ1) is 57.8. The lowest BCUT2D eigenvalue weighted by molar-refractivity contribution is -0.0416. The molecule has 122 heavy (non-hydrogen) atoms. The maximum Gasteiger partial charge on any atom is 0.179 e. The van der Waals surface area contributed by atoms with Crippen molar-refractivity contribution in [2.75, 3.05) is 38.0 Å². The van der Waals surface area contributed by atoms with Crippen LogP contribution in [0.5, 0.6) is 0 Å². The van der Waals surface area contributed by atoms with E-state index in [1.165, 1.54) is 135 Å². The molecule has 13 rings (SSSR count). The molecule has 1 unspecified atom stereocenters. The number of hydrogen-bond acceptors (Lipinski definition) is 3. The SMILES string of the molecule is C=CCP(CC=C)c1ccccc1.CC(C)(C)P(C(C)(C)C)C1(C)CC1(c1ccccc1)c1ccccc1.CC(C)P(C(C)C)C(C)(C)C.CN(C)c1ccc(P(C2CCCCC2)C2CCCCC2)cc1.CP(C(C)(C)C)C(C)(C)C.OC(O)c1ccccc1P(c1ccccc1)c1ccccc1.c1ccc(P(c2ccccc2)C2CCCCC2)cc1. The van der Waals surface area contributed by atoms with Crippen molar-refractivity contribution in [3.63, 3.8) is 0 Å². The molecule has 4 aliphatic carbocycles. The lowest BCUT2D eigenvalue weighted by atomic mass is 9.86. The molecule has 2 N–H and O–H groups in total. The van der Waals surface area contributed by atoms with Gasteiger partial charge in [-0.05, 0) is 194 Å². The van der Waals surface area contributed by atoms with E-state index >= 15 is 0 Å². The van der Waals surface area contributed by atoms with Gasteiger partial charge in [0.15, 0.2) is 6.29 Å². The first-order valence-corrected chi connectivity index (χ1v) is 56.6. The fraction of sp³-hybridized carbons (Fsp3) is 0.482. The number of benzene rings is 9. The second-order valence-electron chi connectivity index (χ2n) is 39.9. The van der Waals surface area contributed by atoms with Crippen molar-refractivity contribution < 1.29 is 10.2 Å². The Bertz CT molecular complexity index is 4150. The molecule has 9 aromatic rings. The lowest BCUT2D eigenvalue weighted by Crippen LogP contribution is -2.35. The zero-order chi connectivity index (χ0) is 89.5. The summed E-state index contributed by atoms with van der Waals surface area (Å²) in [5.41, 5.74) is 9.68. The fourth-order valence-corrected chi connectivity index (χ4v) is 43.4. The van der Waals surface area contributed by atoms with Gasteiger partial charge in [0.1, 0.15) is 0 Å². The van der Waals surface area contributed by atoms with E-state index in [2.05, 4.69) is 377 Å². The smallest absolute Gasteiger partial charge is 0.179 e. The molecule has 0 saturated heterocycles. The Morgan fingerprint density at radius 1 is 0.385 bits per heavy atom. The summed E-state index contributed by atoms with van der Waals surface area (Å²) in [6, 6.07) is 93.0. The van der Waals surface area contributed by atoms with Gasteiger partial charge in [0.2, 0.25) is 0 Å². The van der Waals surface area contributed by atoms with Crippen molar-refractivity contribution >= 4 is 98.3 Å². The van der Waals surface area contributed by atoms with E-state index in [0.29, 0.717) is 36.5 Å². The number of nitrogens with zero attached hydrogens (tertiary/aromatic N) is 1. The summed E-state index contributed by atoms with van der Waals surface area (Å²) in [6.07, 6.45) is 27.9. The molecular formula is C112H162NO2P7. The second kappa shape index (κ2) is 50.2. The van der Waals surface area contributed by atoms with Crippen LogP contribution in [0.1, 0.15) is 264 Å². The van der Waals surface area contributed by atoms with E-state index < -0.39 is 14.2 Å². The third-order valence-electron chi connectivity index (χ3n) is 24.6. The highest BCUT2D eigenvalue weighted by molar-refractivity contribution is 7.80. The van der Waals surface area contributed by atoms with Gasteiger partial charge in [-0.25, -0.2) is 0 Å². The lowest BCUT2D eigenvalue weighted by Gasteiger charge is -2.48. The second-order valence-corrected chi connectivity index (χ2v) is 62.1. The van der Waals surface area contributed by atoms with Gasteiger partial charge in [0, 0.05) is 35.9 Å². The van der Waals surface area contributed by atoms with Gasteiger partial charge in [-0.1, -0.05) is 497 Å². The van der Waals surface area contributed by atoms with Gasteiger partial charge < -0.3 is 15.1 Å². The molecule has 9 aromatic carbocycles. The van der Waals surface area contributed by atoms with E-state index in [-0.39, 0.29) is 52.9 Å². The van der Waals surface area contributed by atoms with Crippen LogP contribution in [0.2, 0.25) is 0 Å². The van der Waals surface area contributed by atoms with Crippen LogP contribution in [0.15, 0.2) is 286 Å². The normalized spacial score (nSPS) is 16.6.